The Morgan fingerprint density at radius 2 is 1.82 bits per heavy atom. The van der Waals surface area contributed by atoms with Crippen LogP contribution in [0, 0.1) is 0 Å². The number of rotatable bonds is 11. The van der Waals surface area contributed by atoms with Gasteiger partial charge in [-0.2, -0.15) is 0 Å². The van der Waals surface area contributed by atoms with Crippen LogP contribution in [0.15, 0.2) is 66.0 Å². The maximum absolute atomic E-state index is 6.72. The van der Waals surface area contributed by atoms with Gasteiger partial charge in [-0.1, -0.05) is 67.9 Å². The van der Waals surface area contributed by atoms with E-state index in [0.29, 0.717) is 5.92 Å². The van der Waals surface area contributed by atoms with Crippen LogP contribution >= 0.6 is 22.9 Å². The highest BCUT2D eigenvalue weighted by atomic mass is 35.5. The minimum atomic E-state index is 0.715. The number of benzene rings is 2. The number of pyridine rings is 1. The third kappa shape index (κ3) is 6.58. The summed E-state index contributed by atoms with van der Waals surface area (Å²) in [4.78, 5) is 9.96. The van der Waals surface area contributed by atoms with Crippen molar-refractivity contribution in [1.29, 1.82) is 0 Å². The second-order valence-electron chi connectivity index (χ2n) is 10.3. The molecule has 200 valence electrons. The fraction of sp³-hybridized carbons (Fsp3) is 0.406. The largest absolute Gasteiger partial charge is 0.384 e. The van der Waals surface area contributed by atoms with Crippen molar-refractivity contribution < 1.29 is 0 Å². The molecule has 2 aromatic heterocycles. The van der Waals surface area contributed by atoms with Gasteiger partial charge in [0, 0.05) is 23.7 Å². The predicted octanol–water partition coefficient (Wildman–Crippen LogP) is 8.14. The number of fused-ring (bicyclic) bond motifs is 1. The first-order chi connectivity index (χ1) is 18.6. The molecule has 1 fully saturated rings. The zero-order chi connectivity index (χ0) is 26.3. The molecule has 1 aliphatic heterocycles. The summed E-state index contributed by atoms with van der Waals surface area (Å²) in [6.07, 6.45) is 3.65. The highest BCUT2D eigenvalue weighted by Gasteiger charge is 2.20. The first-order valence-electron chi connectivity index (χ1n) is 14.0. The number of anilines is 1. The molecular formula is C32H39ClN4S. The molecule has 2 aromatic carbocycles. The number of aromatic nitrogens is 1. The highest BCUT2D eigenvalue weighted by Crippen LogP contribution is 2.34. The zero-order valence-electron chi connectivity index (χ0n) is 22.6. The Bertz CT molecular complexity index is 1310. The van der Waals surface area contributed by atoms with Crippen molar-refractivity contribution >= 4 is 38.8 Å². The zero-order valence-corrected chi connectivity index (χ0v) is 24.2. The molecule has 0 bridgehead atoms. The lowest BCUT2D eigenvalue weighted by atomic mass is 9.89. The molecule has 0 radical (unpaired) electrons. The van der Waals surface area contributed by atoms with Gasteiger partial charge in [-0.25, -0.2) is 4.98 Å². The fourth-order valence-corrected chi connectivity index (χ4v) is 6.57. The fourth-order valence-electron chi connectivity index (χ4n) is 5.50. The first kappa shape index (κ1) is 27.1. The standard InChI is InChI=1S/C32H39ClN4S/c1-3-36(4-2)23-27-12-11-26(21-28(27)33)30-22-31(32-29(35-30)15-20-38-32)34-16-8-17-37-18-13-25(14-19-37)24-9-6-5-7-10-24/h5-7,9-12,15,20-22,25H,3-4,8,13-14,16-19,23H2,1-2H3,(H,34,35). The van der Waals surface area contributed by atoms with Crippen LogP contribution in [0.25, 0.3) is 21.5 Å². The topological polar surface area (TPSA) is 31.4 Å². The van der Waals surface area contributed by atoms with Crippen molar-refractivity contribution in [2.24, 2.45) is 0 Å². The monoisotopic (exact) mass is 546 g/mol. The van der Waals surface area contributed by atoms with E-state index in [2.05, 4.69) is 95.0 Å². The lowest BCUT2D eigenvalue weighted by molar-refractivity contribution is 0.212. The van der Waals surface area contributed by atoms with Gasteiger partial charge in [-0.15, -0.1) is 11.3 Å². The molecular weight excluding hydrogens is 508 g/mol. The number of hydrogen-bond acceptors (Lipinski definition) is 5. The van der Waals surface area contributed by atoms with Crippen molar-refractivity contribution in [2.45, 2.75) is 45.6 Å². The SMILES string of the molecule is CCN(CC)Cc1ccc(-c2cc(NCCCN3CCC(c4ccccc4)CC3)c3sccc3n2)cc1Cl. The predicted molar refractivity (Wildman–Crippen MR) is 165 cm³/mol. The summed E-state index contributed by atoms with van der Waals surface area (Å²) in [5.41, 5.74) is 6.92. The number of hydrogen-bond donors (Lipinski definition) is 1. The van der Waals surface area contributed by atoms with Crippen LogP contribution < -0.4 is 5.32 Å². The van der Waals surface area contributed by atoms with Crippen LogP contribution in [-0.2, 0) is 6.54 Å². The molecule has 4 nitrogen and oxygen atoms in total. The van der Waals surface area contributed by atoms with Crippen LogP contribution in [0.2, 0.25) is 5.02 Å². The summed E-state index contributed by atoms with van der Waals surface area (Å²) >= 11 is 8.47. The molecule has 6 heteroatoms. The second kappa shape index (κ2) is 13.1. The normalized spacial score (nSPS) is 14.9. The van der Waals surface area contributed by atoms with Crippen molar-refractivity contribution in [3.63, 3.8) is 0 Å². The summed E-state index contributed by atoms with van der Waals surface area (Å²) in [6.45, 7) is 11.8. The minimum Gasteiger partial charge on any atom is -0.384 e. The molecule has 38 heavy (non-hydrogen) atoms. The van der Waals surface area contributed by atoms with E-state index in [-0.39, 0.29) is 0 Å². The number of likely N-dealkylation sites (tertiary alicyclic amines) is 1. The Morgan fingerprint density at radius 1 is 1.03 bits per heavy atom. The minimum absolute atomic E-state index is 0.715. The summed E-state index contributed by atoms with van der Waals surface area (Å²) in [7, 11) is 0. The van der Waals surface area contributed by atoms with Crippen LogP contribution in [0.5, 0.6) is 0 Å². The summed E-state index contributed by atoms with van der Waals surface area (Å²) in [5, 5.41) is 6.67. The maximum atomic E-state index is 6.72. The van der Waals surface area contributed by atoms with Crippen molar-refractivity contribution in [2.75, 3.05) is 44.6 Å². The number of halogens is 1. The molecule has 0 spiro atoms. The molecule has 1 aliphatic rings. The Morgan fingerprint density at radius 3 is 2.55 bits per heavy atom. The molecule has 1 N–H and O–H groups in total. The van der Waals surface area contributed by atoms with Crippen molar-refractivity contribution in [3.05, 3.63) is 82.2 Å². The number of nitrogens with one attached hydrogen (secondary N) is 1. The molecule has 0 atom stereocenters. The van der Waals surface area contributed by atoms with Gasteiger partial charge in [-0.3, -0.25) is 4.90 Å². The van der Waals surface area contributed by atoms with Gasteiger partial charge in [0.2, 0.25) is 0 Å². The van der Waals surface area contributed by atoms with Crippen LogP contribution in [0.3, 0.4) is 0 Å². The Kier molecular flexibility index (Phi) is 9.34. The molecule has 4 aromatic rings. The van der Waals surface area contributed by atoms with E-state index < -0.39 is 0 Å². The average molecular weight is 547 g/mol. The summed E-state index contributed by atoms with van der Waals surface area (Å²) in [6, 6.07) is 21.7. The van der Waals surface area contributed by atoms with Gasteiger partial charge < -0.3 is 10.2 Å². The van der Waals surface area contributed by atoms with Gasteiger partial charge in [0.25, 0.3) is 0 Å². The Labute approximate surface area is 236 Å². The lowest BCUT2D eigenvalue weighted by Crippen LogP contribution is -2.34. The third-order valence-electron chi connectivity index (χ3n) is 7.87. The molecule has 0 unspecified atom stereocenters. The quantitative estimate of drug-likeness (QED) is 0.192. The molecule has 0 saturated carbocycles. The molecule has 1 saturated heterocycles. The summed E-state index contributed by atoms with van der Waals surface area (Å²) < 4.78 is 1.22. The first-order valence-corrected chi connectivity index (χ1v) is 15.3. The molecule has 3 heterocycles. The van der Waals surface area contributed by atoms with Gasteiger partial charge in [0.15, 0.2) is 0 Å². The van der Waals surface area contributed by atoms with Gasteiger partial charge >= 0.3 is 0 Å². The Balaban J connectivity index is 1.19. The Hall–Kier alpha value is -2.44. The summed E-state index contributed by atoms with van der Waals surface area (Å²) in [5.74, 6) is 0.715. The van der Waals surface area contributed by atoms with Gasteiger partial charge in [0.1, 0.15) is 0 Å². The van der Waals surface area contributed by atoms with Gasteiger partial charge in [0.05, 0.1) is 21.6 Å². The highest BCUT2D eigenvalue weighted by molar-refractivity contribution is 7.17. The third-order valence-corrected chi connectivity index (χ3v) is 9.16. The van der Waals surface area contributed by atoms with Crippen LogP contribution in [0.1, 0.15) is 50.2 Å². The van der Waals surface area contributed by atoms with Crippen LogP contribution in [0.4, 0.5) is 5.69 Å². The average Bonchev–Trinajstić information content (AvgIpc) is 3.44. The number of nitrogens with zero attached hydrogens (tertiary/aromatic N) is 3. The number of thiophene rings is 1. The van der Waals surface area contributed by atoms with E-state index in [1.54, 1.807) is 11.3 Å². The van der Waals surface area contributed by atoms with E-state index in [1.165, 1.54) is 47.4 Å². The van der Waals surface area contributed by atoms with E-state index in [4.69, 9.17) is 16.6 Å². The number of piperidine rings is 1. The molecule has 0 amide bonds. The smallest absolute Gasteiger partial charge is 0.0838 e. The van der Waals surface area contributed by atoms with Crippen LogP contribution in [-0.4, -0.2) is 54.1 Å². The van der Waals surface area contributed by atoms with E-state index >= 15 is 0 Å². The molecule has 0 aliphatic carbocycles. The van der Waals surface area contributed by atoms with Crippen molar-refractivity contribution in [1.82, 2.24) is 14.8 Å². The van der Waals surface area contributed by atoms with E-state index in [0.717, 1.165) is 60.9 Å². The molecule has 5 rings (SSSR count). The second-order valence-corrected chi connectivity index (χ2v) is 11.6. The van der Waals surface area contributed by atoms with Gasteiger partial charge in [-0.05, 0) is 92.6 Å². The van der Waals surface area contributed by atoms with E-state index in [1.807, 2.05) is 0 Å². The van der Waals surface area contributed by atoms with Crippen molar-refractivity contribution in [3.8, 4) is 11.3 Å². The maximum Gasteiger partial charge on any atom is 0.0838 e. The van der Waals surface area contributed by atoms with E-state index in [9.17, 15) is 0 Å². The lowest BCUT2D eigenvalue weighted by Gasteiger charge is -2.32.